The number of carboxylic acid groups (broad SMARTS) is 1. The number of anilines is 2. The van der Waals surface area contributed by atoms with Crippen molar-refractivity contribution >= 4 is 23.4 Å². The molecule has 0 aromatic heterocycles. The molecule has 0 atom stereocenters. The van der Waals surface area contributed by atoms with Gasteiger partial charge in [-0.3, -0.25) is 4.79 Å². The number of nitrogen functional groups attached to an aromatic ring is 1. The monoisotopic (exact) mass is 319 g/mol. The average molecular weight is 319 g/mol. The van der Waals surface area contributed by atoms with Crippen molar-refractivity contribution in [2.45, 2.75) is 19.5 Å². The maximum Gasteiger partial charge on any atom is 0.418 e. The summed E-state index contributed by atoms with van der Waals surface area (Å²) in [5, 5.41) is 10.5. The van der Waals surface area contributed by atoms with E-state index in [0.717, 1.165) is 17.0 Å². The molecule has 0 saturated carbocycles. The molecule has 1 aromatic rings. The molecule has 0 unspecified atom stereocenters. The van der Waals surface area contributed by atoms with Crippen molar-refractivity contribution in [2.24, 2.45) is 0 Å². The summed E-state index contributed by atoms with van der Waals surface area (Å²) in [5.74, 6) is -0.451. The minimum absolute atomic E-state index is 0.0596. The number of nitrogens with zero attached hydrogens (tertiary/aromatic N) is 1. The number of amides is 2. The zero-order chi connectivity index (χ0) is 16.9. The molecule has 122 valence electrons. The minimum Gasteiger partial charge on any atom is -0.465 e. The van der Waals surface area contributed by atoms with Crippen molar-refractivity contribution in [1.82, 2.24) is 5.32 Å². The molecule has 0 radical (unpaired) electrons. The molecule has 1 rings (SSSR count). The number of carbonyl (C=O) groups excluding carboxylic acids is 1. The molecule has 0 spiro atoms. The van der Waals surface area contributed by atoms with Crippen molar-refractivity contribution < 1.29 is 27.9 Å². The highest BCUT2D eigenvalue weighted by Gasteiger charge is 2.33. The van der Waals surface area contributed by atoms with E-state index in [1.165, 1.54) is 13.0 Å². The number of hydrogen-bond donors (Lipinski definition) is 3. The summed E-state index contributed by atoms with van der Waals surface area (Å²) >= 11 is 0. The van der Waals surface area contributed by atoms with Gasteiger partial charge in [0.2, 0.25) is 5.91 Å². The molecule has 9 heteroatoms. The number of nitrogens with one attached hydrogen (secondary N) is 1. The Morgan fingerprint density at radius 1 is 1.36 bits per heavy atom. The number of rotatable bonds is 5. The molecule has 0 saturated heterocycles. The van der Waals surface area contributed by atoms with Gasteiger partial charge >= 0.3 is 12.3 Å². The molecule has 0 aliphatic rings. The van der Waals surface area contributed by atoms with Crippen LogP contribution in [0.5, 0.6) is 0 Å². The van der Waals surface area contributed by atoms with Gasteiger partial charge in [0.05, 0.1) is 5.56 Å². The van der Waals surface area contributed by atoms with Crippen LogP contribution >= 0.6 is 0 Å². The Labute approximate surface area is 124 Å². The van der Waals surface area contributed by atoms with E-state index < -0.39 is 29.4 Å². The van der Waals surface area contributed by atoms with Gasteiger partial charge in [-0.1, -0.05) is 0 Å². The van der Waals surface area contributed by atoms with Gasteiger partial charge in [-0.2, -0.15) is 13.2 Å². The number of halogens is 3. The third kappa shape index (κ3) is 4.83. The molecule has 4 N–H and O–H groups in total. The molecule has 22 heavy (non-hydrogen) atoms. The SMILES string of the molecule is CC(=O)N(CCCNC(=O)O)c1ccc(N)c(C(F)(F)F)c1. The highest BCUT2D eigenvalue weighted by Crippen LogP contribution is 2.36. The second kappa shape index (κ2) is 7.01. The minimum atomic E-state index is -4.62. The zero-order valence-corrected chi connectivity index (χ0v) is 11.8. The van der Waals surface area contributed by atoms with Crippen molar-refractivity contribution in [2.75, 3.05) is 23.7 Å². The van der Waals surface area contributed by atoms with E-state index >= 15 is 0 Å². The van der Waals surface area contributed by atoms with Crippen molar-refractivity contribution in [3.05, 3.63) is 23.8 Å². The van der Waals surface area contributed by atoms with Gasteiger partial charge < -0.3 is 21.1 Å². The Morgan fingerprint density at radius 2 is 2.00 bits per heavy atom. The Morgan fingerprint density at radius 3 is 2.50 bits per heavy atom. The van der Waals surface area contributed by atoms with Crippen LogP contribution in [0.3, 0.4) is 0 Å². The lowest BCUT2D eigenvalue weighted by Crippen LogP contribution is -2.32. The number of benzene rings is 1. The van der Waals surface area contributed by atoms with Crippen LogP contribution in [0.4, 0.5) is 29.3 Å². The fourth-order valence-electron chi connectivity index (χ4n) is 1.86. The van der Waals surface area contributed by atoms with Gasteiger partial charge in [-0.15, -0.1) is 0 Å². The predicted octanol–water partition coefficient (Wildman–Crippen LogP) is 2.30. The fourth-order valence-corrected chi connectivity index (χ4v) is 1.86. The summed E-state index contributed by atoms with van der Waals surface area (Å²) in [6.07, 6.45) is -5.56. The van der Waals surface area contributed by atoms with Crippen LogP contribution in [0.2, 0.25) is 0 Å². The first kappa shape index (κ1) is 17.6. The Balaban J connectivity index is 2.92. The Bertz CT molecular complexity index is 561. The van der Waals surface area contributed by atoms with Gasteiger partial charge in [0.25, 0.3) is 0 Å². The summed E-state index contributed by atoms with van der Waals surface area (Å²) in [5.41, 5.74) is 3.93. The van der Waals surface area contributed by atoms with Crippen molar-refractivity contribution in [1.29, 1.82) is 0 Å². The third-order valence-electron chi connectivity index (χ3n) is 2.87. The van der Waals surface area contributed by atoms with Crippen LogP contribution in [-0.2, 0) is 11.0 Å². The molecule has 0 fully saturated rings. The molecule has 0 bridgehead atoms. The number of nitrogens with two attached hydrogens (primary N) is 1. The van der Waals surface area contributed by atoms with E-state index in [1.54, 1.807) is 0 Å². The molecule has 0 aliphatic carbocycles. The molecule has 1 aromatic carbocycles. The second-order valence-corrected chi connectivity index (χ2v) is 4.53. The maximum atomic E-state index is 12.8. The molecular weight excluding hydrogens is 303 g/mol. The van der Waals surface area contributed by atoms with Gasteiger partial charge in [0.1, 0.15) is 0 Å². The standard InChI is InChI=1S/C13H16F3N3O3/c1-8(20)19(6-2-5-18-12(21)22)9-3-4-11(17)10(7-9)13(14,15)16/h3-4,7,18H,2,5-6,17H2,1H3,(H,21,22). The first-order valence-corrected chi connectivity index (χ1v) is 6.34. The Kier molecular flexibility index (Phi) is 5.61. The van der Waals surface area contributed by atoms with Crippen LogP contribution < -0.4 is 16.0 Å². The maximum absolute atomic E-state index is 12.8. The summed E-state index contributed by atoms with van der Waals surface area (Å²) in [4.78, 5) is 23.0. The lowest BCUT2D eigenvalue weighted by molar-refractivity contribution is -0.137. The molecular formula is C13H16F3N3O3. The highest BCUT2D eigenvalue weighted by molar-refractivity contribution is 5.91. The van der Waals surface area contributed by atoms with E-state index in [2.05, 4.69) is 5.32 Å². The highest BCUT2D eigenvalue weighted by atomic mass is 19.4. The Hall–Kier alpha value is -2.45. The van der Waals surface area contributed by atoms with E-state index in [9.17, 15) is 22.8 Å². The zero-order valence-electron chi connectivity index (χ0n) is 11.8. The van der Waals surface area contributed by atoms with E-state index in [4.69, 9.17) is 10.8 Å². The first-order valence-electron chi connectivity index (χ1n) is 6.34. The fraction of sp³-hybridized carbons (Fsp3) is 0.385. The van der Waals surface area contributed by atoms with Crippen molar-refractivity contribution in [3.8, 4) is 0 Å². The molecule has 0 aliphatic heterocycles. The first-order chi connectivity index (χ1) is 10.1. The third-order valence-corrected chi connectivity index (χ3v) is 2.87. The molecule has 2 amide bonds. The largest absolute Gasteiger partial charge is 0.465 e. The van der Waals surface area contributed by atoms with Crippen LogP contribution in [0.25, 0.3) is 0 Å². The van der Waals surface area contributed by atoms with Gasteiger partial charge in [0, 0.05) is 31.4 Å². The van der Waals surface area contributed by atoms with Crippen LogP contribution in [0.1, 0.15) is 18.9 Å². The summed E-state index contributed by atoms with van der Waals surface area (Å²) in [7, 11) is 0. The molecule has 6 nitrogen and oxygen atoms in total. The van der Waals surface area contributed by atoms with Crippen LogP contribution in [0.15, 0.2) is 18.2 Å². The van der Waals surface area contributed by atoms with Gasteiger partial charge in [0.15, 0.2) is 0 Å². The van der Waals surface area contributed by atoms with Crippen molar-refractivity contribution in [3.63, 3.8) is 0 Å². The van der Waals surface area contributed by atoms with E-state index in [1.807, 2.05) is 0 Å². The quantitative estimate of drug-likeness (QED) is 0.573. The van der Waals surface area contributed by atoms with Gasteiger partial charge in [-0.05, 0) is 24.6 Å². The number of carbonyl (C=O) groups is 2. The lowest BCUT2D eigenvalue weighted by Gasteiger charge is -2.23. The summed E-state index contributed by atoms with van der Waals surface area (Å²) < 4.78 is 38.5. The summed E-state index contributed by atoms with van der Waals surface area (Å²) in [6.45, 7) is 1.38. The van der Waals surface area contributed by atoms with Crippen LogP contribution in [-0.4, -0.2) is 30.2 Å². The smallest absolute Gasteiger partial charge is 0.418 e. The second-order valence-electron chi connectivity index (χ2n) is 4.53. The topological polar surface area (TPSA) is 95.7 Å². The van der Waals surface area contributed by atoms with E-state index in [-0.39, 0.29) is 25.2 Å². The van der Waals surface area contributed by atoms with Gasteiger partial charge in [-0.25, -0.2) is 4.79 Å². The average Bonchev–Trinajstić information content (AvgIpc) is 2.37. The number of alkyl halides is 3. The molecule has 0 heterocycles. The van der Waals surface area contributed by atoms with E-state index in [0.29, 0.717) is 0 Å². The number of hydrogen-bond acceptors (Lipinski definition) is 3. The summed E-state index contributed by atoms with van der Waals surface area (Å²) in [6, 6.07) is 3.21. The predicted molar refractivity (Wildman–Crippen MR) is 74.5 cm³/mol. The normalized spacial score (nSPS) is 11.1. The van der Waals surface area contributed by atoms with Crippen LogP contribution in [0, 0.1) is 0 Å². The lowest BCUT2D eigenvalue weighted by atomic mass is 10.1.